The van der Waals surface area contributed by atoms with Gasteiger partial charge in [-0.25, -0.2) is 0 Å². The normalized spacial score (nSPS) is 31.2. The van der Waals surface area contributed by atoms with Crippen molar-refractivity contribution in [3.8, 4) is 0 Å². The van der Waals surface area contributed by atoms with E-state index in [2.05, 4.69) is 45.5 Å². The molecule has 194 valence electrons. The second-order valence-electron chi connectivity index (χ2n) is 11.5. The Labute approximate surface area is 217 Å². The van der Waals surface area contributed by atoms with Crippen LogP contribution in [0.15, 0.2) is 24.3 Å². The molecule has 7 heteroatoms. The molecule has 35 heavy (non-hydrogen) atoms. The average molecular weight is 501 g/mol. The van der Waals surface area contributed by atoms with Crippen LogP contribution in [-0.4, -0.2) is 65.8 Å². The van der Waals surface area contributed by atoms with Crippen molar-refractivity contribution in [3.63, 3.8) is 0 Å². The van der Waals surface area contributed by atoms with Gasteiger partial charge in [0.25, 0.3) is 0 Å². The van der Waals surface area contributed by atoms with Crippen molar-refractivity contribution >= 4 is 39.3 Å². The maximum Gasteiger partial charge on any atom is 0.233 e. The largest absolute Gasteiger partial charge is 0.353 e. The fourth-order valence-electron chi connectivity index (χ4n) is 7.40. The van der Waals surface area contributed by atoms with Crippen molar-refractivity contribution in [1.29, 1.82) is 0 Å². The summed E-state index contributed by atoms with van der Waals surface area (Å²) in [4.78, 5) is 31.6. The van der Waals surface area contributed by atoms with E-state index in [9.17, 15) is 9.59 Å². The minimum absolute atomic E-state index is 0. The van der Waals surface area contributed by atoms with Gasteiger partial charge in [-0.2, -0.15) is 4.37 Å². The number of hydrogen-bond acceptors (Lipinski definition) is 6. The summed E-state index contributed by atoms with van der Waals surface area (Å²) in [5.41, 5.74) is 0. The number of anilines is 1. The summed E-state index contributed by atoms with van der Waals surface area (Å²) in [6, 6.07) is 8.49. The number of hydrogen-bond donors (Lipinski definition) is 0. The number of piperazine rings is 1. The highest BCUT2D eigenvalue weighted by Gasteiger charge is 2.60. The SMILES string of the molecule is CN1CCN(c2nsc3ccccc23)CC1.O=C1[C@@H]2[C@H]3CC[C@H](C3)[C@@H]2C(=O)N1CC1CCCCC1.[HH].[HH].[HH]. The standard InChI is InChI=1S/C16H23NO2.C12H15N3S.3H2/c18-15-13-11-6-7-12(8-11)14(13)16(19)17(15)9-10-4-2-1-3-5-10;1-14-6-8-15(9-7-14)12-10-4-2-3-5-11(10)16-13-12;;;/h10-14H,1-9H2;2-5H,6-9H2,1H3;3*1H/t11-,12+,13+,14-;;;;. The Kier molecular flexibility index (Phi) is 6.56. The van der Waals surface area contributed by atoms with Crippen LogP contribution in [-0.2, 0) is 9.59 Å². The highest BCUT2D eigenvalue weighted by molar-refractivity contribution is 7.13. The molecule has 2 amide bonds. The molecule has 2 saturated heterocycles. The van der Waals surface area contributed by atoms with Crippen molar-refractivity contribution in [2.24, 2.45) is 29.6 Å². The minimum Gasteiger partial charge on any atom is -0.353 e. The molecular formula is C28H44N4O2S. The molecule has 2 aromatic rings. The Morgan fingerprint density at radius 1 is 0.914 bits per heavy atom. The molecule has 2 aliphatic heterocycles. The number of likely N-dealkylation sites (N-methyl/N-ethyl adjacent to an activating group) is 1. The highest BCUT2D eigenvalue weighted by atomic mass is 32.1. The third-order valence-corrected chi connectivity index (χ3v) is 10.2. The van der Waals surface area contributed by atoms with E-state index in [1.807, 2.05) is 0 Å². The molecule has 5 fully saturated rings. The van der Waals surface area contributed by atoms with Crippen molar-refractivity contribution in [3.05, 3.63) is 24.3 Å². The highest BCUT2D eigenvalue weighted by Crippen LogP contribution is 2.56. The zero-order chi connectivity index (χ0) is 23.9. The fourth-order valence-corrected chi connectivity index (χ4v) is 8.19. The number of carbonyl (C=O) groups is 2. The Balaban J connectivity index is 0.000000198. The summed E-state index contributed by atoms with van der Waals surface area (Å²) >= 11 is 1.60. The first-order valence-corrected chi connectivity index (χ1v) is 14.5. The van der Waals surface area contributed by atoms with Crippen LogP contribution in [0.4, 0.5) is 5.82 Å². The predicted molar refractivity (Wildman–Crippen MR) is 147 cm³/mol. The number of nitrogens with zero attached hydrogens (tertiary/aromatic N) is 4. The second-order valence-corrected chi connectivity index (χ2v) is 12.3. The number of aromatic nitrogens is 1. The summed E-state index contributed by atoms with van der Waals surface area (Å²) in [6.45, 7) is 5.16. The van der Waals surface area contributed by atoms with Crippen LogP contribution >= 0.6 is 11.5 Å². The zero-order valence-electron chi connectivity index (χ0n) is 20.9. The van der Waals surface area contributed by atoms with E-state index in [0.29, 0.717) is 17.8 Å². The topological polar surface area (TPSA) is 56.8 Å². The molecule has 3 heterocycles. The van der Waals surface area contributed by atoms with Crippen LogP contribution < -0.4 is 4.90 Å². The molecule has 3 saturated carbocycles. The molecular weight excluding hydrogens is 456 g/mol. The number of rotatable bonds is 3. The number of carbonyl (C=O) groups excluding carboxylic acids is 2. The van der Waals surface area contributed by atoms with E-state index in [0.717, 1.165) is 39.1 Å². The lowest BCUT2D eigenvalue weighted by molar-refractivity contribution is -0.141. The van der Waals surface area contributed by atoms with Gasteiger partial charge in [-0.15, -0.1) is 0 Å². The van der Waals surface area contributed by atoms with Gasteiger partial charge in [-0.05, 0) is 80.6 Å². The van der Waals surface area contributed by atoms with Crippen LogP contribution in [0, 0.1) is 29.6 Å². The monoisotopic (exact) mass is 500 g/mol. The molecule has 0 N–H and O–H groups in total. The third-order valence-electron chi connectivity index (χ3n) is 9.35. The van der Waals surface area contributed by atoms with E-state index in [1.165, 1.54) is 60.8 Å². The van der Waals surface area contributed by atoms with Crippen LogP contribution in [0.1, 0.15) is 55.6 Å². The number of imide groups is 1. The molecule has 1 aromatic heterocycles. The van der Waals surface area contributed by atoms with Crippen LogP contribution in [0.5, 0.6) is 0 Å². The van der Waals surface area contributed by atoms with Crippen molar-refractivity contribution < 1.29 is 13.9 Å². The summed E-state index contributed by atoms with van der Waals surface area (Å²) in [7, 11) is 2.18. The van der Waals surface area contributed by atoms with Crippen molar-refractivity contribution in [2.75, 3.05) is 44.7 Å². The van der Waals surface area contributed by atoms with Gasteiger partial charge in [-0.3, -0.25) is 14.5 Å². The Bertz CT molecular complexity index is 1060. The lowest BCUT2D eigenvalue weighted by Crippen LogP contribution is -2.44. The minimum atomic E-state index is 0. The smallest absolute Gasteiger partial charge is 0.233 e. The van der Waals surface area contributed by atoms with Crippen molar-refractivity contribution in [1.82, 2.24) is 14.2 Å². The van der Waals surface area contributed by atoms with E-state index in [-0.39, 0.29) is 27.9 Å². The molecule has 6 nitrogen and oxygen atoms in total. The van der Waals surface area contributed by atoms with Gasteiger partial charge >= 0.3 is 0 Å². The molecule has 5 aliphatic rings. The van der Waals surface area contributed by atoms with Gasteiger partial charge in [-0.1, -0.05) is 31.4 Å². The van der Waals surface area contributed by atoms with Gasteiger partial charge in [0.15, 0.2) is 0 Å². The predicted octanol–water partition coefficient (Wildman–Crippen LogP) is 5.38. The van der Waals surface area contributed by atoms with Crippen LogP contribution in [0.25, 0.3) is 10.1 Å². The van der Waals surface area contributed by atoms with E-state index in [1.54, 1.807) is 16.4 Å². The van der Waals surface area contributed by atoms with Gasteiger partial charge < -0.3 is 9.80 Å². The van der Waals surface area contributed by atoms with Gasteiger partial charge in [0.2, 0.25) is 11.8 Å². The maximum atomic E-state index is 12.6. The summed E-state index contributed by atoms with van der Waals surface area (Å²) < 4.78 is 5.88. The number of amides is 2. The molecule has 0 radical (unpaired) electrons. The summed E-state index contributed by atoms with van der Waals surface area (Å²) in [6.07, 6.45) is 9.80. The zero-order valence-corrected chi connectivity index (χ0v) is 21.7. The first-order valence-electron chi connectivity index (χ1n) is 13.7. The number of benzene rings is 1. The molecule has 0 spiro atoms. The molecule has 7 rings (SSSR count). The molecule has 3 aliphatic carbocycles. The number of fused-ring (bicyclic) bond motifs is 6. The van der Waals surface area contributed by atoms with Gasteiger partial charge in [0.05, 0.1) is 16.5 Å². The maximum absolute atomic E-state index is 12.6. The Morgan fingerprint density at radius 2 is 1.57 bits per heavy atom. The summed E-state index contributed by atoms with van der Waals surface area (Å²) in [5.74, 6) is 3.35. The first kappa shape index (κ1) is 23.4. The average Bonchev–Trinajstić information content (AvgIpc) is 3.66. The molecule has 4 atom stereocenters. The lowest BCUT2D eigenvalue weighted by Gasteiger charge is -2.32. The quantitative estimate of drug-likeness (QED) is 0.529. The third kappa shape index (κ3) is 4.39. The van der Waals surface area contributed by atoms with Gasteiger partial charge in [0.1, 0.15) is 5.82 Å². The van der Waals surface area contributed by atoms with E-state index in [4.69, 9.17) is 0 Å². The first-order chi connectivity index (χ1) is 17.1. The van der Waals surface area contributed by atoms with E-state index >= 15 is 0 Å². The molecule has 0 unspecified atom stereocenters. The van der Waals surface area contributed by atoms with Crippen LogP contribution in [0.2, 0.25) is 0 Å². The number of likely N-dealkylation sites (tertiary alicyclic amines) is 1. The Hall–Kier alpha value is -1.99. The van der Waals surface area contributed by atoms with Crippen molar-refractivity contribution in [2.45, 2.75) is 51.4 Å². The summed E-state index contributed by atoms with van der Waals surface area (Å²) in [5, 5.41) is 1.30. The lowest BCUT2D eigenvalue weighted by atomic mass is 9.81. The van der Waals surface area contributed by atoms with E-state index < -0.39 is 0 Å². The second kappa shape index (κ2) is 9.81. The molecule has 2 bridgehead atoms. The molecule has 1 aromatic carbocycles. The Morgan fingerprint density at radius 3 is 2.26 bits per heavy atom. The van der Waals surface area contributed by atoms with Crippen LogP contribution in [0.3, 0.4) is 0 Å². The fraction of sp³-hybridized carbons (Fsp3) is 0.679. The van der Waals surface area contributed by atoms with Gasteiger partial charge in [0, 0.05) is 42.4 Å².